The molecule has 8 heteroatoms. The van der Waals surface area contributed by atoms with Crippen molar-refractivity contribution in [3.05, 3.63) is 0 Å². The number of amides is 4. The van der Waals surface area contributed by atoms with Crippen molar-refractivity contribution in [3.8, 4) is 0 Å². The number of carbonyl (C=O) groups is 4. The lowest BCUT2D eigenvalue weighted by molar-refractivity contribution is -0.158. The molecule has 2 N–H and O–H groups in total. The standard InChI is InChI=1S/C13H20N4O4/c1-2-9-11(19)15-10(18)8-17(9)13(21)12(20)16-6-3-4-14-5-7-16/h9,14H,2-8H2,1H3,(H,15,18,19). The summed E-state index contributed by atoms with van der Waals surface area (Å²) in [5, 5.41) is 5.33. The monoisotopic (exact) mass is 296 g/mol. The summed E-state index contributed by atoms with van der Waals surface area (Å²) in [7, 11) is 0. The molecule has 0 aromatic rings. The molecule has 2 rings (SSSR count). The smallest absolute Gasteiger partial charge is 0.313 e. The van der Waals surface area contributed by atoms with Gasteiger partial charge in [0, 0.05) is 19.6 Å². The van der Waals surface area contributed by atoms with E-state index in [9.17, 15) is 19.2 Å². The van der Waals surface area contributed by atoms with Crippen LogP contribution in [0, 0.1) is 0 Å². The van der Waals surface area contributed by atoms with Gasteiger partial charge in [-0.1, -0.05) is 6.92 Å². The van der Waals surface area contributed by atoms with Crippen molar-refractivity contribution >= 4 is 23.6 Å². The zero-order valence-electron chi connectivity index (χ0n) is 12.1. The summed E-state index contributed by atoms with van der Waals surface area (Å²) >= 11 is 0. The van der Waals surface area contributed by atoms with E-state index >= 15 is 0 Å². The van der Waals surface area contributed by atoms with Crippen LogP contribution >= 0.6 is 0 Å². The summed E-state index contributed by atoms with van der Waals surface area (Å²) in [4.78, 5) is 50.4. The maximum Gasteiger partial charge on any atom is 0.313 e. The SMILES string of the molecule is CCC1C(=O)NC(=O)CN1C(=O)C(=O)N1CCCNCC1. The molecule has 0 radical (unpaired) electrons. The van der Waals surface area contributed by atoms with E-state index in [2.05, 4.69) is 10.6 Å². The van der Waals surface area contributed by atoms with Crippen LogP contribution in [-0.2, 0) is 19.2 Å². The Labute approximate surface area is 122 Å². The minimum absolute atomic E-state index is 0.249. The average Bonchev–Trinajstić information content (AvgIpc) is 2.74. The Balaban J connectivity index is 2.10. The van der Waals surface area contributed by atoms with Gasteiger partial charge >= 0.3 is 11.8 Å². The van der Waals surface area contributed by atoms with Crippen LogP contribution in [0.25, 0.3) is 0 Å². The summed E-state index contributed by atoms with van der Waals surface area (Å²) < 4.78 is 0. The number of nitrogens with one attached hydrogen (secondary N) is 2. The van der Waals surface area contributed by atoms with Crippen molar-refractivity contribution in [2.45, 2.75) is 25.8 Å². The van der Waals surface area contributed by atoms with Crippen molar-refractivity contribution in [1.29, 1.82) is 0 Å². The van der Waals surface area contributed by atoms with Gasteiger partial charge in [-0.15, -0.1) is 0 Å². The number of carbonyl (C=O) groups excluding carboxylic acids is 4. The number of hydrogen-bond acceptors (Lipinski definition) is 5. The molecule has 0 bridgehead atoms. The van der Waals surface area contributed by atoms with E-state index in [4.69, 9.17) is 0 Å². The number of nitrogens with zero attached hydrogens (tertiary/aromatic N) is 2. The summed E-state index contributed by atoms with van der Waals surface area (Å²) in [6.45, 7) is 3.88. The van der Waals surface area contributed by atoms with Gasteiger partial charge in [-0.25, -0.2) is 0 Å². The van der Waals surface area contributed by atoms with E-state index in [0.717, 1.165) is 17.9 Å². The molecule has 116 valence electrons. The maximum absolute atomic E-state index is 12.4. The molecule has 21 heavy (non-hydrogen) atoms. The lowest BCUT2D eigenvalue weighted by Gasteiger charge is -2.34. The third-order valence-electron chi connectivity index (χ3n) is 3.71. The Morgan fingerprint density at radius 1 is 1.19 bits per heavy atom. The topological polar surface area (TPSA) is 98.8 Å². The molecule has 0 aromatic heterocycles. The maximum atomic E-state index is 12.4. The van der Waals surface area contributed by atoms with Crippen molar-refractivity contribution in [3.63, 3.8) is 0 Å². The van der Waals surface area contributed by atoms with Gasteiger partial charge in [-0.05, 0) is 19.4 Å². The molecule has 0 aliphatic carbocycles. The number of imide groups is 1. The lowest BCUT2D eigenvalue weighted by atomic mass is 10.1. The van der Waals surface area contributed by atoms with E-state index in [0.29, 0.717) is 26.1 Å². The number of hydrogen-bond donors (Lipinski definition) is 2. The molecule has 8 nitrogen and oxygen atoms in total. The van der Waals surface area contributed by atoms with E-state index in [-0.39, 0.29) is 6.54 Å². The van der Waals surface area contributed by atoms with E-state index in [1.807, 2.05) is 0 Å². The molecular formula is C13H20N4O4. The van der Waals surface area contributed by atoms with Crippen LogP contribution in [-0.4, -0.2) is 72.2 Å². The highest BCUT2D eigenvalue weighted by Crippen LogP contribution is 2.11. The normalized spacial score (nSPS) is 23.6. The summed E-state index contributed by atoms with van der Waals surface area (Å²) in [6.07, 6.45) is 1.13. The zero-order valence-corrected chi connectivity index (χ0v) is 12.1. The lowest BCUT2D eigenvalue weighted by Crippen LogP contribution is -2.62. The van der Waals surface area contributed by atoms with E-state index < -0.39 is 29.7 Å². The van der Waals surface area contributed by atoms with Gasteiger partial charge in [0.05, 0.1) is 0 Å². The summed E-state index contributed by atoms with van der Waals surface area (Å²) in [6, 6.07) is -0.760. The second-order valence-corrected chi connectivity index (χ2v) is 5.17. The molecule has 2 fully saturated rings. The van der Waals surface area contributed by atoms with Crippen LogP contribution in [0.15, 0.2) is 0 Å². The van der Waals surface area contributed by atoms with Gasteiger partial charge in [0.1, 0.15) is 12.6 Å². The van der Waals surface area contributed by atoms with Gasteiger partial charge in [-0.3, -0.25) is 24.5 Å². The molecular weight excluding hydrogens is 276 g/mol. The minimum atomic E-state index is -0.771. The Morgan fingerprint density at radius 2 is 1.95 bits per heavy atom. The fraction of sp³-hybridized carbons (Fsp3) is 0.692. The summed E-state index contributed by atoms with van der Waals surface area (Å²) in [5.74, 6) is -2.48. The second kappa shape index (κ2) is 6.66. The molecule has 0 aromatic carbocycles. The Kier molecular flexibility index (Phi) is 4.89. The first kappa shape index (κ1) is 15.4. The Morgan fingerprint density at radius 3 is 2.67 bits per heavy atom. The molecule has 4 amide bonds. The second-order valence-electron chi connectivity index (χ2n) is 5.17. The van der Waals surface area contributed by atoms with Gasteiger partial charge in [0.15, 0.2) is 0 Å². The van der Waals surface area contributed by atoms with Crippen LogP contribution in [0.3, 0.4) is 0 Å². The molecule has 0 saturated carbocycles. The number of piperazine rings is 1. The first-order chi connectivity index (χ1) is 10.0. The molecule has 1 atom stereocenters. The van der Waals surface area contributed by atoms with Crippen molar-refractivity contribution in [2.75, 3.05) is 32.7 Å². The number of rotatable bonds is 1. The van der Waals surface area contributed by atoms with Crippen molar-refractivity contribution in [1.82, 2.24) is 20.4 Å². The quantitative estimate of drug-likeness (QED) is 0.434. The van der Waals surface area contributed by atoms with Gasteiger partial charge < -0.3 is 15.1 Å². The third-order valence-corrected chi connectivity index (χ3v) is 3.71. The van der Waals surface area contributed by atoms with Crippen LogP contribution in [0.4, 0.5) is 0 Å². The molecule has 2 heterocycles. The molecule has 0 spiro atoms. The molecule has 1 unspecified atom stereocenters. The first-order valence-electron chi connectivity index (χ1n) is 7.19. The molecule has 2 aliphatic rings. The highest BCUT2D eigenvalue weighted by molar-refractivity contribution is 6.36. The Bertz CT molecular complexity index is 457. The first-order valence-corrected chi connectivity index (χ1v) is 7.19. The Hall–Kier alpha value is -1.96. The fourth-order valence-electron chi connectivity index (χ4n) is 2.59. The van der Waals surface area contributed by atoms with Gasteiger partial charge in [0.25, 0.3) is 0 Å². The van der Waals surface area contributed by atoms with Gasteiger partial charge in [-0.2, -0.15) is 0 Å². The fourth-order valence-corrected chi connectivity index (χ4v) is 2.59. The largest absolute Gasteiger partial charge is 0.333 e. The van der Waals surface area contributed by atoms with Crippen molar-refractivity contribution < 1.29 is 19.2 Å². The predicted molar refractivity (Wildman–Crippen MR) is 73.0 cm³/mol. The van der Waals surface area contributed by atoms with Gasteiger partial charge in [0.2, 0.25) is 11.8 Å². The average molecular weight is 296 g/mol. The third kappa shape index (κ3) is 3.38. The summed E-state index contributed by atoms with van der Waals surface area (Å²) in [5.41, 5.74) is 0. The zero-order chi connectivity index (χ0) is 15.4. The van der Waals surface area contributed by atoms with E-state index in [1.165, 1.54) is 4.90 Å². The highest BCUT2D eigenvalue weighted by Gasteiger charge is 2.39. The predicted octanol–water partition coefficient (Wildman–Crippen LogP) is -1.93. The minimum Gasteiger partial charge on any atom is -0.333 e. The molecule has 2 aliphatic heterocycles. The molecule has 2 saturated heterocycles. The van der Waals surface area contributed by atoms with E-state index in [1.54, 1.807) is 6.92 Å². The van der Waals surface area contributed by atoms with Crippen molar-refractivity contribution in [2.24, 2.45) is 0 Å². The van der Waals surface area contributed by atoms with Crippen LogP contribution in [0.2, 0.25) is 0 Å². The van der Waals surface area contributed by atoms with Crippen LogP contribution < -0.4 is 10.6 Å². The van der Waals surface area contributed by atoms with Crippen LogP contribution in [0.1, 0.15) is 19.8 Å². The highest BCUT2D eigenvalue weighted by atomic mass is 16.2. The van der Waals surface area contributed by atoms with Crippen LogP contribution in [0.5, 0.6) is 0 Å².